The number of amides is 1. The molecule has 1 rings (SSSR count). The molecule has 0 saturated heterocycles. The molecule has 0 aliphatic heterocycles. The van der Waals surface area contributed by atoms with Crippen molar-refractivity contribution in [2.75, 3.05) is 25.5 Å². The fourth-order valence-electron chi connectivity index (χ4n) is 1.31. The van der Waals surface area contributed by atoms with Gasteiger partial charge in [-0.15, -0.1) is 0 Å². The number of hydrogen-bond acceptors (Lipinski definition) is 4. The van der Waals surface area contributed by atoms with Gasteiger partial charge in [0.1, 0.15) is 17.3 Å². The predicted molar refractivity (Wildman–Crippen MR) is 63.7 cm³/mol. The molecule has 0 aliphatic rings. The minimum Gasteiger partial charge on any atom is -0.359 e. The van der Waals surface area contributed by atoms with E-state index < -0.39 is 0 Å². The summed E-state index contributed by atoms with van der Waals surface area (Å²) in [6.07, 6.45) is 1.84. The fourth-order valence-corrected chi connectivity index (χ4v) is 1.43. The Bertz CT molecular complexity index is 383. The highest BCUT2D eigenvalue weighted by molar-refractivity contribution is 6.30. The second-order valence-electron chi connectivity index (χ2n) is 3.46. The van der Waals surface area contributed by atoms with Crippen molar-refractivity contribution in [2.45, 2.75) is 13.3 Å². The van der Waals surface area contributed by atoms with Crippen LogP contribution in [0.3, 0.4) is 0 Å². The van der Waals surface area contributed by atoms with Crippen LogP contribution in [-0.4, -0.2) is 36.5 Å². The Kier molecular flexibility index (Phi) is 4.49. The van der Waals surface area contributed by atoms with Gasteiger partial charge >= 0.3 is 0 Å². The zero-order valence-corrected chi connectivity index (χ0v) is 10.4. The van der Waals surface area contributed by atoms with Crippen molar-refractivity contribution >= 4 is 23.3 Å². The Labute approximate surface area is 99.8 Å². The molecule has 16 heavy (non-hydrogen) atoms. The molecule has 6 heteroatoms. The lowest BCUT2D eigenvalue weighted by molar-refractivity contribution is -0.120. The molecular weight excluding hydrogens is 228 g/mol. The second-order valence-corrected chi connectivity index (χ2v) is 3.82. The number of rotatable bonds is 4. The number of halogens is 1. The lowest BCUT2D eigenvalue weighted by Gasteiger charge is -2.19. The molecule has 1 N–H and O–H groups in total. The van der Waals surface area contributed by atoms with Crippen LogP contribution in [0.4, 0.5) is 5.82 Å². The molecule has 1 heterocycles. The first kappa shape index (κ1) is 12.7. The van der Waals surface area contributed by atoms with Crippen LogP contribution >= 0.6 is 11.6 Å². The minimum atomic E-state index is 0.00431. The molecule has 0 radical (unpaired) electrons. The normalized spacial score (nSPS) is 10.0. The number of carbonyl (C=O) groups is 1. The largest absolute Gasteiger partial charge is 0.359 e. The van der Waals surface area contributed by atoms with E-state index >= 15 is 0 Å². The number of hydrogen-bond donors (Lipinski definition) is 1. The van der Waals surface area contributed by atoms with Gasteiger partial charge in [-0.25, -0.2) is 9.97 Å². The number of anilines is 1. The second kappa shape index (κ2) is 5.65. The van der Waals surface area contributed by atoms with Crippen molar-refractivity contribution in [1.82, 2.24) is 15.3 Å². The highest BCUT2D eigenvalue weighted by atomic mass is 35.5. The van der Waals surface area contributed by atoms with Gasteiger partial charge in [-0.05, 0) is 6.92 Å². The Hall–Kier alpha value is -1.36. The van der Waals surface area contributed by atoms with E-state index in [0.717, 1.165) is 11.4 Å². The van der Waals surface area contributed by atoms with Crippen molar-refractivity contribution in [3.8, 4) is 0 Å². The molecule has 88 valence electrons. The van der Waals surface area contributed by atoms with Crippen LogP contribution < -0.4 is 10.2 Å². The third-order valence-corrected chi connectivity index (χ3v) is 2.69. The first-order chi connectivity index (χ1) is 7.56. The van der Waals surface area contributed by atoms with Crippen LogP contribution in [0.5, 0.6) is 0 Å². The summed E-state index contributed by atoms with van der Waals surface area (Å²) in [6.45, 7) is 2.45. The Morgan fingerprint density at radius 1 is 1.56 bits per heavy atom. The van der Waals surface area contributed by atoms with E-state index in [-0.39, 0.29) is 5.91 Å². The van der Waals surface area contributed by atoms with E-state index in [9.17, 15) is 4.79 Å². The standard InChI is InChI=1S/C10H15ClN4O/c1-7-9(11)13-6-14-10(7)15(3)5-4-8(16)12-2/h6H,4-5H2,1-3H3,(H,12,16). The van der Waals surface area contributed by atoms with E-state index in [1.54, 1.807) is 7.05 Å². The van der Waals surface area contributed by atoms with E-state index in [0.29, 0.717) is 18.1 Å². The molecule has 0 aromatic carbocycles. The van der Waals surface area contributed by atoms with Crippen molar-refractivity contribution in [2.24, 2.45) is 0 Å². The monoisotopic (exact) mass is 242 g/mol. The maximum atomic E-state index is 11.1. The van der Waals surface area contributed by atoms with Gasteiger partial charge in [0.15, 0.2) is 0 Å². The van der Waals surface area contributed by atoms with Crippen LogP contribution in [-0.2, 0) is 4.79 Å². The smallest absolute Gasteiger partial charge is 0.221 e. The van der Waals surface area contributed by atoms with Crippen molar-refractivity contribution in [3.05, 3.63) is 17.0 Å². The number of nitrogens with zero attached hydrogens (tertiary/aromatic N) is 3. The van der Waals surface area contributed by atoms with Gasteiger partial charge in [0.25, 0.3) is 0 Å². The summed E-state index contributed by atoms with van der Waals surface area (Å²) in [4.78, 5) is 21.0. The van der Waals surface area contributed by atoms with Gasteiger partial charge in [-0.1, -0.05) is 11.6 Å². The first-order valence-electron chi connectivity index (χ1n) is 4.95. The molecule has 0 atom stereocenters. The van der Waals surface area contributed by atoms with Crippen molar-refractivity contribution in [1.29, 1.82) is 0 Å². The molecule has 1 amide bonds. The van der Waals surface area contributed by atoms with E-state index in [2.05, 4.69) is 15.3 Å². The molecule has 5 nitrogen and oxygen atoms in total. The SMILES string of the molecule is CNC(=O)CCN(C)c1ncnc(Cl)c1C. The Morgan fingerprint density at radius 2 is 2.25 bits per heavy atom. The van der Waals surface area contributed by atoms with Gasteiger partial charge < -0.3 is 10.2 Å². The van der Waals surface area contributed by atoms with Crippen LogP contribution in [0.2, 0.25) is 5.15 Å². The zero-order chi connectivity index (χ0) is 12.1. The first-order valence-corrected chi connectivity index (χ1v) is 5.33. The third kappa shape index (κ3) is 3.06. The topological polar surface area (TPSA) is 58.1 Å². The summed E-state index contributed by atoms with van der Waals surface area (Å²) in [5.74, 6) is 0.758. The third-order valence-electron chi connectivity index (χ3n) is 2.31. The Morgan fingerprint density at radius 3 is 2.88 bits per heavy atom. The van der Waals surface area contributed by atoms with Gasteiger partial charge in [-0.2, -0.15) is 0 Å². The van der Waals surface area contributed by atoms with E-state index in [1.807, 2.05) is 18.9 Å². The van der Waals surface area contributed by atoms with E-state index in [4.69, 9.17) is 11.6 Å². The zero-order valence-electron chi connectivity index (χ0n) is 9.62. The molecule has 0 aliphatic carbocycles. The van der Waals surface area contributed by atoms with Crippen LogP contribution in [0, 0.1) is 6.92 Å². The lowest BCUT2D eigenvalue weighted by Crippen LogP contribution is -2.27. The molecule has 0 unspecified atom stereocenters. The number of carbonyl (C=O) groups excluding carboxylic acids is 1. The molecular formula is C10H15ClN4O. The summed E-state index contributed by atoms with van der Waals surface area (Å²) in [5.41, 5.74) is 0.823. The maximum absolute atomic E-state index is 11.1. The molecule has 0 saturated carbocycles. The van der Waals surface area contributed by atoms with Crippen LogP contribution in [0.15, 0.2) is 6.33 Å². The molecule has 1 aromatic heterocycles. The number of nitrogens with one attached hydrogen (secondary N) is 1. The van der Waals surface area contributed by atoms with Gasteiger partial charge in [0.05, 0.1) is 0 Å². The average Bonchev–Trinajstić information content (AvgIpc) is 2.29. The summed E-state index contributed by atoms with van der Waals surface area (Å²) in [7, 11) is 3.49. The van der Waals surface area contributed by atoms with E-state index in [1.165, 1.54) is 6.33 Å². The highest BCUT2D eigenvalue weighted by Crippen LogP contribution is 2.20. The minimum absolute atomic E-state index is 0.00431. The molecule has 0 fully saturated rings. The predicted octanol–water partition coefficient (Wildman–Crippen LogP) is 1.01. The summed E-state index contributed by atoms with van der Waals surface area (Å²) >= 11 is 5.89. The lowest BCUT2D eigenvalue weighted by atomic mass is 10.3. The van der Waals surface area contributed by atoms with Gasteiger partial charge in [0.2, 0.25) is 5.91 Å². The van der Waals surface area contributed by atoms with Gasteiger partial charge in [0, 0.05) is 32.6 Å². The Balaban J connectivity index is 2.69. The number of aromatic nitrogens is 2. The molecule has 1 aromatic rings. The quantitative estimate of drug-likeness (QED) is 0.801. The highest BCUT2D eigenvalue weighted by Gasteiger charge is 2.10. The van der Waals surface area contributed by atoms with Gasteiger partial charge in [-0.3, -0.25) is 4.79 Å². The molecule has 0 spiro atoms. The average molecular weight is 243 g/mol. The van der Waals surface area contributed by atoms with Crippen LogP contribution in [0.1, 0.15) is 12.0 Å². The van der Waals surface area contributed by atoms with Crippen LogP contribution in [0.25, 0.3) is 0 Å². The van der Waals surface area contributed by atoms with Crippen molar-refractivity contribution in [3.63, 3.8) is 0 Å². The molecule has 0 bridgehead atoms. The maximum Gasteiger partial charge on any atom is 0.221 e. The summed E-state index contributed by atoms with van der Waals surface area (Å²) in [5, 5.41) is 3.01. The summed E-state index contributed by atoms with van der Waals surface area (Å²) < 4.78 is 0. The van der Waals surface area contributed by atoms with Crippen molar-refractivity contribution < 1.29 is 4.79 Å². The fraction of sp³-hybridized carbons (Fsp3) is 0.500. The summed E-state index contributed by atoms with van der Waals surface area (Å²) in [6, 6.07) is 0.